The van der Waals surface area contributed by atoms with Crippen LogP contribution in [0.3, 0.4) is 0 Å². The van der Waals surface area contributed by atoms with Gasteiger partial charge in [-0.15, -0.1) is 0 Å². The molecule has 4 fully saturated rings. The van der Waals surface area contributed by atoms with Gasteiger partial charge in [-0.05, 0) is 55.3 Å². The van der Waals surface area contributed by atoms with Gasteiger partial charge in [0.1, 0.15) is 0 Å². The molecule has 146 valence electrons. The molecule has 0 nitrogen and oxygen atoms in total. The van der Waals surface area contributed by atoms with Gasteiger partial charge < -0.3 is 0 Å². The average Bonchev–Trinajstić information content (AvgIpc) is 2.71. The van der Waals surface area contributed by atoms with Gasteiger partial charge in [0.05, 0.1) is 0 Å². The van der Waals surface area contributed by atoms with Crippen molar-refractivity contribution in [3.8, 4) is 0 Å². The van der Waals surface area contributed by atoms with E-state index in [0.29, 0.717) is 0 Å². The van der Waals surface area contributed by atoms with E-state index in [0.717, 1.165) is 29.6 Å². The summed E-state index contributed by atoms with van der Waals surface area (Å²) in [5, 5.41) is 0. The summed E-state index contributed by atoms with van der Waals surface area (Å²) in [4.78, 5) is 0. The first-order chi connectivity index (χ1) is 12.3. The lowest BCUT2D eigenvalue weighted by atomic mass is 9.66. The van der Waals surface area contributed by atoms with Gasteiger partial charge in [0.25, 0.3) is 0 Å². The van der Waals surface area contributed by atoms with Crippen molar-refractivity contribution >= 4 is 0 Å². The van der Waals surface area contributed by atoms with Crippen LogP contribution < -0.4 is 0 Å². The van der Waals surface area contributed by atoms with Gasteiger partial charge in [-0.1, -0.05) is 103 Å². The fourth-order valence-corrected chi connectivity index (χ4v) is 6.61. The average molecular weight is 347 g/mol. The predicted molar refractivity (Wildman–Crippen MR) is 111 cm³/mol. The second-order valence-electron chi connectivity index (χ2n) is 10.2. The Morgan fingerprint density at radius 1 is 0.320 bits per heavy atom. The Morgan fingerprint density at radius 2 is 0.600 bits per heavy atom. The van der Waals surface area contributed by atoms with Gasteiger partial charge in [-0.3, -0.25) is 0 Å². The summed E-state index contributed by atoms with van der Waals surface area (Å²) in [6.07, 6.45) is 29.2. The Hall–Kier alpha value is 0. The van der Waals surface area contributed by atoms with Crippen molar-refractivity contribution in [2.45, 2.75) is 129 Å². The molecule has 0 atom stereocenters. The summed E-state index contributed by atoms with van der Waals surface area (Å²) >= 11 is 0. The highest BCUT2D eigenvalue weighted by molar-refractivity contribution is 4.83. The molecule has 0 heteroatoms. The van der Waals surface area contributed by atoms with Crippen molar-refractivity contribution in [3.63, 3.8) is 0 Å². The zero-order chi connectivity index (χ0) is 17.3. The molecule has 4 saturated carbocycles. The summed E-state index contributed by atoms with van der Waals surface area (Å²) in [7, 11) is 0. The van der Waals surface area contributed by atoms with E-state index in [9.17, 15) is 0 Å². The highest BCUT2D eigenvalue weighted by Gasteiger charge is 2.32. The molecule has 0 aromatic carbocycles. The fraction of sp³-hybridized carbons (Fsp3) is 1.00. The van der Waals surface area contributed by atoms with E-state index in [1.165, 1.54) is 70.6 Å². The van der Waals surface area contributed by atoms with Crippen molar-refractivity contribution < 1.29 is 0 Å². The zero-order valence-electron chi connectivity index (χ0n) is 17.3. The van der Waals surface area contributed by atoms with Gasteiger partial charge in [-0.25, -0.2) is 0 Å². The van der Waals surface area contributed by atoms with Gasteiger partial charge in [-0.2, -0.15) is 0 Å². The summed E-state index contributed by atoms with van der Waals surface area (Å²) in [5.74, 6) is 5.56. The minimum atomic E-state index is 1.04. The molecule has 0 spiro atoms. The van der Waals surface area contributed by atoms with Gasteiger partial charge >= 0.3 is 0 Å². The first-order valence-corrected chi connectivity index (χ1v) is 12.3. The van der Waals surface area contributed by atoms with Gasteiger partial charge in [0, 0.05) is 0 Å². The number of hydrogen-bond donors (Lipinski definition) is 0. The third-order valence-electron chi connectivity index (χ3n) is 8.34. The Bertz CT molecular complexity index is 294. The summed E-state index contributed by atoms with van der Waals surface area (Å²) < 4.78 is 0. The van der Waals surface area contributed by atoms with Gasteiger partial charge in [0.2, 0.25) is 0 Å². The maximum atomic E-state index is 2.36. The molecule has 0 amide bonds. The minimum absolute atomic E-state index is 1.04. The van der Waals surface area contributed by atoms with Crippen LogP contribution in [0.4, 0.5) is 0 Å². The maximum Gasteiger partial charge on any atom is -0.0386 e. The quantitative estimate of drug-likeness (QED) is 0.470. The molecule has 0 heterocycles. The smallest absolute Gasteiger partial charge is 0.0386 e. The van der Waals surface area contributed by atoms with E-state index in [2.05, 4.69) is 6.92 Å². The number of hydrogen-bond acceptors (Lipinski definition) is 0. The molecular formula is C25H46. The highest BCUT2D eigenvalue weighted by atomic mass is 14.4. The maximum absolute atomic E-state index is 2.36. The van der Waals surface area contributed by atoms with Crippen LogP contribution in [0.5, 0.6) is 0 Å². The third kappa shape index (κ3) is 6.59. The Morgan fingerprint density at radius 3 is 0.880 bits per heavy atom. The van der Waals surface area contributed by atoms with Crippen LogP contribution in [-0.2, 0) is 0 Å². The third-order valence-corrected chi connectivity index (χ3v) is 8.34. The first-order valence-electron chi connectivity index (χ1n) is 12.3. The molecule has 0 aromatic heterocycles. The van der Waals surface area contributed by atoms with E-state index in [1.54, 1.807) is 51.4 Å². The molecule has 4 aliphatic carbocycles. The second kappa shape index (κ2) is 11.0. The minimum Gasteiger partial charge on any atom is -0.0625 e. The van der Waals surface area contributed by atoms with Crippen LogP contribution in [0.25, 0.3) is 0 Å². The molecule has 25 heavy (non-hydrogen) atoms. The van der Waals surface area contributed by atoms with Crippen LogP contribution in [0, 0.1) is 29.6 Å². The van der Waals surface area contributed by atoms with E-state index in [4.69, 9.17) is 0 Å². The molecular weight excluding hydrogens is 300 g/mol. The van der Waals surface area contributed by atoms with E-state index in [-0.39, 0.29) is 0 Å². The largest absolute Gasteiger partial charge is 0.0625 e. The standard InChI is InChI=1S/C18H32.C7H14/c1-3-7-15(8-4-1)17-11-13-18(14-12-17)16-9-5-2-6-10-16;1-7-5-3-2-4-6-7/h15-18H,1-14H2;7H,2-6H2,1H3. The Labute approximate surface area is 158 Å². The van der Waals surface area contributed by atoms with Crippen molar-refractivity contribution in [1.29, 1.82) is 0 Å². The fourth-order valence-electron chi connectivity index (χ4n) is 6.61. The van der Waals surface area contributed by atoms with Crippen LogP contribution >= 0.6 is 0 Å². The molecule has 0 aromatic rings. The van der Waals surface area contributed by atoms with Crippen molar-refractivity contribution in [3.05, 3.63) is 0 Å². The molecule has 0 N–H and O–H groups in total. The van der Waals surface area contributed by atoms with E-state index in [1.807, 2.05) is 0 Å². The second-order valence-corrected chi connectivity index (χ2v) is 10.2. The number of rotatable bonds is 2. The molecule has 0 radical (unpaired) electrons. The molecule has 0 unspecified atom stereocenters. The van der Waals surface area contributed by atoms with E-state index >= 15 is 0 Å². The highest BCUT2D eigenvalue weighted by Crippen LogP contribution is 2.44. The zero-order valence-corrected chi connectivity index (χ0v) is 17.3. The first kappa shape index (κ1) is 19.8. The Kier molecular flexibility index (Phi) is 8.68. The van der Waals surface area contributed by atoms with Crippen molar-refractivity contribution in [2.75, 3.05) is 0 Å². The SMILES string of the molecule is C1CCC(C2CCC(C3CCCCC3)CC2)CC1.CC1CCCCC1. The summed E-state index contributed by atoms with van der Waals surface area (Å²) in [6, 6.07) is 0. The summed E-state index contributed by atoms with van der Waals surface area (Å²) in [6.45, 7) is 2.36. The van der Waals surface area contributed by atoms with Crippen molar-refractivity contribution in [1.82, 2.24) is 0 Å². The summed E-state index contributed by atoms with van der Waals surface area (Å²) in [5.41, 5.74) is 0. The lowest BCUT2D eigenvalue weighted by Crippen LogP contribution is -2.27. The van der Waals surface area contributed by atoms with Crippen LogP contribution in [0.15, 0.2) is 0 Å². The lowest BCUT2D eigenvalue weighted by molar-refractivity contribution is 0.123. The topological polar surface area (TPSA) is 0 Å². The van der Waals surface area contributed by atoms with E-state index < -0.39 is 0 Å². The van der Waals surface area contributed by atoms with Crippen LogP contribution in [0.1, 0.15) is 129 Å². The molecule has 4 rings (SSSR count). The Balaban J connectivity index is 0.000000219. The predicted octanol–water partition coefficient (Wildman–Crippen LogP) is 8.54. The van der Waals surface area contributed by atoms with Crippen molar-refractivity contribution in [2.24, 2.45) is 29.6 Å². The van der Waals surface area contributed by atoms with Crippen LogP contribution in [-0.4, -0.2) is 0 Å². The molecule has 0 aliphatic heterocycles. The molecule has 4 aliphatic rings. The molecule has 0 bridgehead atoms. The molecule has 0 saturated heterocycles. The monoisotopic (exact) mass is 346 g/mol. The van der Waals surface area contributed by atoms with Gasteiger partial charge in [0.15, 0.2) is 0 Å². The normalized spacial score (nSPS) is 33.5. The van der Waals surface area contributed by atoms with Crippen LogP contribution in [0.2, 0.25) is 0 Å². The lowest BCUT2D eigenvalue weighted by Gasteiger charge is -2.39.